The van der Waals surface area contributed by atoms with Gasteiger partial charge in [0.15, 0.2) is 5.70 Å². The zero-order valence-corrected chi connectivity index (χ0v) is 9.15. The predicted octanol–water partition coefficient (Wildman–Crippen LogP) is -0.126. The van der Waals surface area contributed by atoms with E-state index in [1.54, 1.807) is 0 Å². The zero-order chi connectivity index (χ0) is 12.5. The fourth-order valence-corrected chi connectivity index (χ4v) is 1.17. The number of ether oxygens (including phenoxy) is 1. The van der Waals surface area contributed by atoms with Crippen molar-refractivity contribution in [3.63, 3.8) is 0 Å². The molecule has 0 bridgehead atoms. The van der Waals surface area contributed by atoms with Crippen LogP contribution in [0.15, 0.2) is 23.0 Å². The van der Waals surface area contributed by atoms with Gasteiger partial charge in [-0.25, -0.2) is 9.18 Å². The molecule has 0 unspecified atom stereocenters. The Hall–Kier alpha value is -1.76. The van der Waals surface area contributed by atoms with Crippen LogP contribution >= 0.6 is 0 Å². The van der Waals surface area contributed by atoms with E-state index in [1.165, 1.54) is 20.9 Å². The van der Waals surface area contributed by atoms with Crippen LogP contribution in [0.2, 0.25) is 0 Å². The van der Waals surface area contributed by atoms with Gasteiger partial charge in [-0.3, -0.25) is 10.2 Å². The van der Waals surface area contributed by atoms with Gasteiger partial charge in [0, 0.05) is 7.05 Å². The highest BCUT2D eigenvalue weighted by Gasteiger charge is 2.29. The Kier molecular flexibility index (Phi) is 3.38. The topological polar surface area (TPSA) is 76.1 Å². The third-order valence-electron chi connectivity index (χ3n) is 2.17. The van der Waals surface area contributed by atoms with Gasteiger partial charge in [0.1, 0.15) is 5.83 Å². The summed E-state index contributed by atoms with van der Waals surface area (Å²) in [4.78, 5) is 11.3. The van der Waals surface area contributed by atoms with Gasteiger partial charge in [0.05, 0.1) is 12.3 Å². The van der Waals surface area contributed by atoms with Crippen molar-refractivity contribution in [2.45, 2.75) is 13.8 Å². The molecule has 0 aromatic rings. The van der Waals surface area contributed by atoms with Crippen molar-refractivity contribution < 1.29 is 24.2 Å². The van der Waals surface area contributed by atoms with Gasteiger partial charge >= 0.3 is 5.97 Å². The summed E-state index contributed by atoms with van der Waals surface area (Å²) < 4.78 is 17.9. The summed E-state index contributed by atoms with van der Waals surface area (Å²) in [6.45, 7) is 2.87. The molecule has 0 aromatic carbocycles. The van der Waals surface area contributed by atoms with E-state index in [2.05, 4.69) is 4.74 Å². The van der Waals surface area contributed by atoms with E-state index in [0.29, 0.717) is 0 Å². The molecular weight excluding hydrogens is 219 g/mol. The van der Waals surface area contributed by atoms with E-state index in [-0.39, 0.29) is 17.5 Å². The molecule has 1 N–H and O–H groups in total. The average Bonchev–Trinajstić information content (AvgIpc) is 2.24. The van der Waals surface area contributed by atoms with Crippen molar-refractivity contribution in [1.82, 2.24) is 10.2 Å². The van der Waals surface area contributed by atoms with Crippen LogP contribution in [0, 0.1) is 0 Å². The number of hydrazine groups is 1. The number of hydrogen-bond donors (Lipinski definition) is 1. The van der Waals surface area contributed by atoms with E-state index in [9.17, 15) is 19.5 Å². The summed E-state index contributed by atoms with van der Waals surface area (Å²) in [7, 11) is 1.31. The SMILES string of the molecule is CCOC(=O)C1=C([O-])C(F)=C(C)N(C)N1O. The average molecular weight is 231 g/mol. The van der Waals surface area contributed by atoms with Crippen LogP contribution in [0.1, 0.15) is 13.8 Å². The summed E-state index contributed by atoms with van der Waals surface area (Å²) in [5.74, 6) is -3.34. The summed E-state index contributed by atoms with van der Waals surface area (Å²) in [5.41, 5.74) is -0.840. The van der Waals surface area contributed by atoms with Crippen LogP contribution < -0.4 is 5.11 Å². The van der Waals surface area contributed by atoms with Crippen molar-refractivity contribution in [3.05, 3.63) is 23.0 Å². The number of nitrogens with zero attached hydrogens (tertiary/aromatic N) is 2. The first-order chi connectivity index (χ1) is 7.41. The van der Waals surface area contributed by atoms with Crippen LogP contribution in [-0.2, 0) is 9.53 Å². The van der Waals surface area contributed by atoms with Crippen LogP contribution in [0.25, 0.3) is 0 Å². The molecule has 1 heterocycles. The Balaban J connectivity index is 3.19. The van der Waals surface area contributed by atoms with Crippen molar-refractivity contribution in [3.8, 4) is 0 Å². The number of carbonyl (C=O) groups is 1. The molecule has 0 amide bonds. The lowest BCUT2D eigenvalue weighted by atomic mass is 10.2. The maximum absolute atomic E-state index is 13.4. The Labute approximate surface area is 91.7 Å². The minimum Gasteiger partial charge on any atom is -0.869 e. The van der Waals surface area contributed by atoms with Crippen LogP contribution in [0.5, 0.6) is 0 Å². The molecule has 0 atom stereocenters. The maximum atomic E-state index is 13.4. The molecule has 6 nitrogen and oxygen atoms in total. The van der Waals surface area contributed by atoms with Crippen molar-refractivity contribution in [2.75, 3.05) is 13.7 Å². The second-order valence-electron chi connectivity index (χ2n) is 3.11. The van der Waals surface area contributed by atoms with Crippen LogP contribution in [-0.4, -0.2) is 35.0 Å². The molecule has 0 saturated carbocycles. The molecule has 1 aliphatic rings. The monoisotopic (exact) mass is 231 g/mol. The fraction of sp³-hybridized carbons (Fsp3) is 0.444. The van der Waals surface area contributed by atoms with E-state index >= 15 is 0 Å². The lowest BCUT2D eigenvalue weighted by Gasteiger charge is -2.37. The van der Waals surface area contributed by atoms with Gasteiger partial charge in [0.2, 0.25) is 0 Å². The maximum Gasteiger partial charge on any atom is 0.358 e. The quantitative estimate of drug-likeness (QED) is 0.667. The number of carbonyl (C=O) groups excluding carboxylic acids is 1. The second kappa shape index (κ2) is 4.40. The number of allylic oxidation sites excluding steroid dienone is 2. The molecule has 0 aliphatic carbocycles. The molecule has 0 spiro atoms. The lowest BCUT2D eigenvalue weighted by Crippen LogP contribution is -2.44. The summed E-state index contributed by atoms with van der Waals surface area (Å²) in [6.07, 6.45) is 0. The van der Waals surface area contributed by atoms with Crippen molar-refractivity contribution in [1.29, 1.82) is 0 Å². The highest BCUT2D eigenvalue weighted by molar-refractivity contribution is 5.88. The fourth-order valence-electron chi connectivity index (χ4n) is 1.17. The zero-order valence-electron chi connectivity index (χ0n) is 9.15. The van der Waals surface area contributed by atoms with Gasteiger partial charge in [-0.1, -0.05) is 0 Å². The minimum atomic E-state index is -1.18. The number of hydrogen-bond acceptors (Lipinski definition) is 6. The predicted molar refractivity (Wildman–Crippen MR) is 48.9 cm³/mol. The Morgan fingerprint density at radius 3 is 2.69 bits per heavy atom. The van der Waals surface area contributed by atoms with Gasteiger partial charge in [-0.15, -0.1) is 0 Å². The van der Waals surface area contributed by atoms with E-state index < -0.39 is 23.3 Å². The Morgan fingerprint density at radius 1 is 1.62 bits per heavy atom. The normalized spacial score (nSPS) is 17.1. The van der Waals surface area contributed by atoms with Gasteiger partial charge in [-0.2, -0.15) is 5.17 Å². The first-order valence-electron chi connectivity index (χ1n) is 4.59. The highest BCUT2D eigenvalue weighted by Crippen LogP contribution is 2.27. The molecule has 1 aliphatic heterocycles. The molecule has 1 rings (SSSR count). The number of hydroxylamine groups is 1. The van der Waals surface area contributed by atoms with Gasteiger partial charge in [-0.05, 0) is 19.6 Å². The molecule has 90 valence electrons. The highest BCUT2D eigenvalue weighted by atomic mass is 19.1. The Bertz CT molecular complexity index is 378. The molecule has 0 aromatic heterocycles. The van der Waals surface area contributed by atoms with Crippen LogP contribution in [0.3, 0.4) is 0 Å². The largest absolute Gasteiger partial charge is 0.869 e. The van der Waals surface area contributed by atoms with Crippen molar-refractivity contribution >= 4 is 5.97 Å². The first-order valence-corrected chi connectivity index (χ1v) is 4.59. The van der Waals surface area contributed by atoms with Crippen LogP contribution in [0.4, 0.5) is 4.39 Å². The summed E-state index contributed by atoms with van der Waals surface area (Å²) in [6, 6.07) is 0. The third kappa shape index (κ3) is 1.81. The lowest BCUT2D eigenvalue weighted by molar-refractivity contribution is -0.316. The van der Waals surface area contributed by atoms with E-state index in [0.717, 1.165) is 5.01 Å². The molecule has 0 saturated heterocycles. The number of esters is 1. The third-order valence-corrected chi connectivity index (χ3v) is 2.17. The molecular formula is C9H12FN2O4-. The summed E-state index contributed by atoms with van der Waals surface area (Å²) in [5, 5.41) is 22.1. The molecule has 0 fully saturated rings. The molecule has 16 heavy (non-hydrogen) atoms. The Morgan fingerprint density at radius 2 is 2.19 bits per heavy atom. The first kappa shape index (κ1) is 12.3. The van der Waals surface area contributed by atoms with E-state index in [4.69, 9.17) is 0 Å². The molecule has 7 heteroatoms. The van der Waals surface area contributed by atoms with Gasteiger partial charge < -0.3 is 9.84 Å². The van der Waals surface area contributed by atoms with Crippen molar-refractivity contribution in [2.24, 2.45) is 0 Å². The smallest absolute Gasteiger partial charge is 0.358 e. The number of halogens is 1. The summed E-state index contributed by atoms with van der Waals surface area (Å²) >= 11 is 0. The second-order valence-corrected chi connectivity index (χ2v) is 3.11. The van der Waals surface area contributed by atoms with E-state index in [1.807, 2.05) is 0 Å². The minimum absolute atomic E-state index is 0.0253. The number of rotatable bonds is 2. The molecule has 0 radical (unpaired) electrons. The van der Waals surface area contributed by atoms with Gasteiger partial charge in [0.25, 0.3) is 0 Å². The standard InChI is InChI=1S/C9H13FN2O4/c1-4-16-9(14)7-8(13)6(10)5(2)11(3)12(7)15/h13,15H,4H2,1-3H3/p-1.